The van der Waals surface area contributed by atoms with E-state index in [0.29, 0.717) is 29.1 Å². The van der Waals surface area contributed by atoms with Gasteiger partial charge in [-0.3, -0.25) is 9.59 Å². The number of carbonyl (C=O) groups is 1. The number of amides is 1. The van der Waals surface area contributed by atoms with Crippen LogP contribution in [0.1, 0.15) is 37.6 Å². The van der Waals surface area contributed by atoms with Crippen molar-refractivity contribution in [3.8, 4) is 16.9 Å². The Kier molecular flexibility index (Phi) is 4.70. The zero-order chi connectivity index (χ0) is 18.0. The first-order chi connectivity index (χ1) is 12.0. The average Bonchev–Trinajstić information content (AvgIpc) is 2.98. The summed E-state index contributed by atoms with van der Waals surface area (Å²) >= 11 is 0. The number of pyridine rings is 1. The molecule has 0 saturated carbocycles. The van der Waals surface area contributed by atoms with Crippen LogP contribution in [0.4, 0.5) is 0 Å². The minimum Gasteiger partial charge on any atom is -0.353 e. The molecule has 1 N–H and O–H groups in total. The quantitative estimate of drug-likeness (QED) is 0.778. The van der Waals surface area contributed by atoms with Gasteiger partial charge in [0.05, 0.1) is 16.8 Å². The van der Waals surface area contributed by atoms with Crippen LogP contribution in [0.5, 0.6) is 0 Å². The summed E-state index contributed by atoms with van der Waals surface area (Å²) in [5.41, 5.74) is 1.76. The number of nitrogens with one attached hydrogen (secondary N) is 1. The van der Waals surface area contributed by atoms with Crippen molar-refractivity contribution >= 4 is 5.91 Å². The second-order valence-electron chi connectivity index (χ2n) is 6.10. The molecule has 2 heterocycles. The third kappa shape index (κ3) is 3.20. The molecule has 6 heteroatoms. The van der Waals surface area contributed by atoms with Gasteiger partial charge < -0.3 is 9.88 Å². The Hall–Kier alpha value is -2.89. The van der Waals surface area contributed by atoms with Gasteiger partial charge in [0.2, 0.25) is 0 Å². The predicted molar refractivity (Wildman–Crippen MR) is 97.3 cm³/mol. The molecule has 0 saturated heterocycles. The van der Waals surface area contributed by atoms with E-state index in [-0.39, 0.29) is 17.5 Å². The fraction of sp³-hybridized carbons (Fsp3) is 0.316. The van der Waals surface area contributed by atoms with Gasteiger partial charge in [-0.05, 0) is 32.4 Å². The molecular formula is C19H22N4O2. The topological polar surface area (TPSA) is 68.9 Å². The number of rotatable bonds is 5. The van der Waals surface area contributed by atoms with Crippen LogP contribution < -0.4 is 10.9 Å². The van der Waals surface area contributed by atoms with Crippen molar-refractivity contribution in [3.05, 3.63) is 58.6 Å². The lowest BCUT2D eigenvalue weighted by Crippen LogP contribution is -2.32. The predicted octanol–water partition coefficient (Wildman–Crippen LogP) is 2.69. The van der Waals surface area contributed by atoms with Crippen molar-refractivity contribution in [2.75, 3.05) is 0 Å². The maximum Gasteiger partial charge on any atom is 0.282 e. The van der Waals surface area contributed by atoms with E-state index in [1.807, 2.05) is 55.7 Å². The molecule has 130 valence electrons. The minimum absolute atomic E-state index is 0.0563. The molecule has 6 nitrogen and oxygen atoms in total. The van der Waals surface area contributed by atoms with Crippen LogP contribution in [-0.4, -0.2) is 26.3 Å². The van der Waals surface area contributed by atoms with Gasteiger partial charge in [-0.1, -0.05) is 25.1 Å². The summed E-state index contributed by atoms with van der Waals surface area (Å²) in [6.07, 6.45) is 4.34. The second-order valence-corrected chi connectivity index (χ2v) is 6.10. The monoisotopic (exact) mass is 338 g/mol. The molecule has 1 aromatic carbocycles. The first-order valence-electron chi connectivity index (χ1n) is 8.54. The Bertz CT molecular complexity index is 911. The van der Waals surface area contributed by atoms with E-state index in [1.165, 1.54) is 4.68 Å². The van der Waals surface area contributed by atoms with Gasteiger partial charge in [-0.2, -0.15) is 9.78 Å². The van der Waals surface area contributed by atoms with Crippen LogP contribution in [0.25, 0.3) is 16.9 Å². The maximum absolute atomic E-state index is 12.8. The molecule has 0 aromatic heterocycles. The Labute approximate surface area is 146 Å². The highest BCUT2D eigenvalue weighted by molar-refractivity contribution is 6.00. The summed E-state index contributed by atoms with van der Waals surface area (Å²) in [6.45, 7) is 6.59. The Balaban J connectivity index is 2.17. The Morgan fingerprint density at radius 3 is 2.56 bits per heavy atom. The molecule has 0 spiro atoms. The van der Waals surface area contributed by atoms with Crippen LogP contribution in [0, 0.1) is 0 Å². The van der Waals surface area contributed by atoms with Gasteiger partial charge in [-0.25, -0.2) is 0 Å². The molecule has 1 atom stereocenters. The second kappa shape index (κ2) is 6.93. The van der Waals surface area contributed by atoms with Crippen LogP contribution in [0.15, 0.2) is 47.5 Å². The third-order valence-electron chi connectivity index (χ3n) is 4.32. The van der Waals surface area contributed by atoms with E-state index in [9.17, 15) is 9.59 Å². The zero-order valence-electron chi connectivity index (χ0n) is 14.7. The summed E-state index contributed by atoms with van der Waals surface area (Å²) < 4.78 is 3.19. The summed E-state index contributed by atoms with van der Waals surface area (Å²) in [5.74, 6) is -0.208. The number of fused-ring (bicyclic) bond motifs is 1. The van der Waals surface area contributed by atoms with Crippen molar-refractivity contribution in [3.63, 3.8) is 0 Å². The van der Waals surface area contributed by atoms with Gasteiger partial charge >= 0.3 is 0 Å². The molecule has 1 amide bonds. The number of aryl methyl sites for hydroxylation is 1. The van der Waals surface area contributed by atoms with Crippen molar-refractivity contribution in [1.82, 2.24) is 19.7 Å². The van der Waals surface area contributed by atoms with E-state index in [0.717, 1.165) is 6.42 Å². The molecule has 0 bridgehead atoms. The zero-order valence-corrected chi connectivity index (χ0v) is 14.7. The van der Waals surface area contributed by atoms with E-state index in [1.54, 1.807) is 12.4 Å². The van der Waals surface area contributed by atoms with Crippen molar-refractivity contribution < 1.29 is 4.79 Å². The van der Waals surface area contributed by atoms with Crippen molar-refractivity contribution in [1.29, 1.82) is 0 Å². The molecule has 2 aliphatic rings. The lowest BCUT2D eigenvalue weighted by molar-refractivity contribution is 0.0939. The lowest BCUT2D eigenvalue weighted by atomic mass is 10.1. The molecule has 0 aliphatic carbocycles. The molecule has 25 heavy (non-hydrogen) atoms. The van der Waals surface area contributed by atoms with Crippen LogP contribution in [0.3, 0.4) is 0 Å². The number of hydrogen-bond donors (Lipinski definition) is 1. The SMILES string of the molecule is CC[C@H](C)NC(=O)c1cn(CC)cc2c(=O)n(-c3ccccc3)nc1-2. The van der Waals surface area contributed by atoms with Gasteiger partial charge in [0.15, 0.2) is 0 Å². The highest BCUT2D eigenvalue weighted by atomic mass is 16.2. The highest BCUT2D eigenvalue weighted by Gasteiger charge is 2.24. The first kappa shape index (κ1) is 17.0. The highest BCUT2D eigenvalue weighted by Crippen LogP contribution is 2.22. The molecule has 0 radical (unpaired) electrons. The number of carbonyl (C=O) groups excluding carboxylic acids is 1. The Morgan fingerprint density at radius 2 is 1.92 bits per heavy atom. The van der Waals surface area contributed by atoms with Crippen LogP contribution in [0.2, 0.25) is 0 Å². The molecule has 2 aliphatic heterocycles. The lowest BCUT2D eigenvalue weighted by Gasteiger charge is -2.14. The van der Waals surface area contributed by atoms with E-state index < -0.39 is 0 Å². The fourth-order valence-corrected chi connectivity index (χ4v) is 2.66. The van der Waals surface area contributed by atoms with Crippen LogP contribution >= 0.6 is 0 Å². The van der Waals surface area contributed by atoms with Gasteiger partial charge in [0.1, 0.15) is 5.69 Å². The Morgan fingerprint density at radius 1 is 1.20 bits per heavy atom. The molecular weight excluding hydrogens is 316 g/mol. The van der Waals surface area contributed by atoms with Crippen LogP contribution in [-0.2, 0) is 6.54 Å². The normalized spacial score (nSPS) is 12.3. The molecule has 0 fully saturated rings. The summed E-state index contributed by atoms with van der Waals surface area (Å²) in [6, 6.07) is 9.28. The maximum atomic E-state index is 12.8. The molecule has 1 aromatic rings. The fourth-order valence-electron chi connectivity index (χ4n) is 2.66. The smallest absolute Gasteiger partial charge is 0.282 e. The number of aromatic nitrogens is 3. The number of nitrogens with zero attached hydrogens (tertiary/aromatic N) is 3. The van der Waals surface area contributed by atoms with Gasteiger partial charge in [0.25, 0.3) is 11.5 Å². The summed E-state index contributed by atoms with van der Waals surface area (Å²) in [7, 11) is 0. The van der Waals surface area contributed by atoms with Crippen molar-refractivity contribution in [2.24, 2.45) is 0 Å². The largest absolute Gasteiger partial charge is 0.353 e. The van der Waals surface area contributed by atoms with Gasteiger partial charge in [0, 0.05) is 25.0 Å². The third-order valence-corrected chi connectivity index (χ3v) is 4.32. The molecule has 3 rings (SSSR count). The number of benzene rings is 1. The summed E-state index contributed by atoms with van der Waals surface area (Å²) in [5, 5.41) is 7.40. The number of para-hydroxylation sites is 1. The van der Waals surface area contributed by atoms with Crippen molar-refractivity contribution in [2.45, 2.75) is 39.8 Å². The standard InChI is InChI=1S/C19H22N4O2/c1-4-13(3)20-18(24)15-11-22(5-2)12-16-17(15)21-23(19(16)25)14-9-7-6-8-10-14/h6-13H,4-5H2,1-3H3,(H,20,24)/t13-/m0/s1. The number of hydrogen-bond acceptors (Lipinski definition) is 3. The minimum atomic E-state index is -0.221. The van der Waals surface area contributed by atoms with E-state index in [2.05, 4.69) is 10.4 Å². The van der Waals surface area contributed by atoms with Gasteiger partial charge in [-0.15, -0.1) is 0 Å². The first-order valence-corrected chi connectivity index (χ1v) is 8.54. The van der Waals surface area contributed by atoms with E-state index in [4.69, 9.17) is 0 Å². The average molecular weight is 338 g/mol. The summed E-state index contributed by atoms with van der Waals surface area (Å²) in [4.78, 5) is 25.5. The van der Waals surface area contributed by atoms with E-state index >= 15 is 0 Å². The molecule has 0 unspecified atom stereocenters.